The van der Waals surface area contributed by atoms with Crippen LogP contribution in [0.4, 0.5) is 8.78 Å². The second-order valence-corrected chi connectivity index (χ2v) is 9.96. The molecule has 2 aliphatic carbocycles. The highest BCUT2D eigenvalue weighted by molar-refractivity contribution is 5.79. The van der Waals surface area contributed by atoms with Crippen molar-refractivity contribution in [2.24, 2.45) is 11.8 Å². The zero-order chi connectivity index (χ0) is 23.7. The first-order chi connectivity index (χ1) is 16.5. The third-order valence-electron chi connectivity index (χ3n) is 7.56. The number of nitrogens with zero attached hydrogens (tertiary/aromatic N) is 1. The average molecular weight is 471 g/mol. The zero-order valence-electron chi connectivity index (χ0n) is 19.4. The molecule has 6 nitrogen and oxygen atoms in total. The molecule has 3 N–H and O–H groups in total. The average Bonchev–Trinajstić information content (AvgIpc) is 3.24. The highest BCUT2D eigenvalue weighted by Crippen LogP contribution is 2.40. The predicted octanol–water partition coefficient (Wildman–Crippen LogP) is 4.11. The number of benzene rings is 1. The summed E-state index contributed by atoms with van der Waals surface area (Å²) < 4.78 is 33.0. The first kappa shape index (κ1) is 23.2. The van der Waals surface area contributed by atoms with Crippen molar-refractivity contribution in [1.29, 1.82) is 0 Å². The molecule has 1 saturated heterocycles. The number of aryl methyl sites for hydroxylation is 1. The molecule has 3 fully saturated rings. The van der Waals surface area contributed by atoms with E-state index in [2.05, 4.69) is 27.2 Å². The summed E-state index contributed by atoms with van der Waals surface area (Å²) in [7, 11) is 0. The van der Waals surface area contributed by atoms with Crippen molar-refractivity contribution < 1.29 is 18.3 Å². The number of rotatable bonds is 5. The molecule has 1 aromatic carbocycles. The van der Waals surface area contributed by atoms with E-state index in [1.807, 2.05) is 19.2 Å². The number of ether oxygens (including phenoxy) is 1. The van der Waals surface area contributed by atoms with Gasteiger partial charge in [-0.1, -0.05) is 0 Å². The highest BCUT2D eigenvalue weighted by Gasteiger charge is 2.43. The fourth-order valence-corrected chi connectivity index (χ4v) is 5.84. The Balaban J connectivity index is 1.18. The molecular formula is C26H32F2N4O2. The van der Waals surface area contributed by atoms with Gasteiger partial charge in [-0.05, 0) is 81.2 Å². The van der Waals surface area contributed by atoms with Crippen molar-refractivity contribution in [2.75, 3.05) is 0 Å². The van der Waals surface area contributed by atoms with Crippen molar-refractivity contribution in [3.63, 3.8) is 0 Å². The Labute approximate surface area is 198 Å². The number of hydrogen-bond donors (Lipinski definition) is 3. The summed E-state index contributed by atoms with van der Waals surface area (Å²) in [4.78, 5) is 17.5. The van der Waals surface area contributed by atoms with Gasteiger partial charge in [0.25, 0.3) is 0 Å². The lowest BCUT2D eigenvalue weighted by Crippen LogP contribution is -2.46. The maximum Gasteiger partial charge on any atom is 0.223 e. The van der Waals surface area contributed by atoms with E-state index in [-0.39, 0.29) is 35.8 Å². The van der Waals surface area contributed by atoms with Gasteiger partial charge in [0.2, 0.25) is 5.91 Å². The second-order valence-electron chi connectivity index (χ2n) is 9.96. The number of nitrogens with one attached hydrogen (secondary N) is 3. The molecule has 2 heterocycles. The van der Waals surface area contributed by atoms with E-state index >= 15 is 0 Å². The van der Waals surface area contributed by atoms with E-state index in [0.29, 0.717) is 18.4 Å². The van der Waals surface area contributed by atoms with Crippen molar-refractivity contribution in [3.8, 4) is 5.75 Å². The summed E-state index contributed by atoms with van der Waals surface area (Å²) in [5.41, 5.74) is 9.06. The Hall–Kier alpha value is -2.58. The van der Waals surface area contributed by atoms with E-state index in [4.69, 9.17) is 4.74 Å². The van der Waals surface area contributed by atoms with Crippen LogP contribution in [0.3, 0.4) is 0 Å². The minimum absolute atomic E-state index is 0.00551. The summed E-state index contributed by atoms with van der Waals surface area (Å²) in [6.45, 7) is 1.99. The van der Waals surface area contributed by atoms with Gasteiger partial charge in [0.05, 0.1) is 6.04 Å². The summed E-state index contributed by atoms with van der Waals surface area (Å²) in [6.07, 6.45) is 7.49. The number of hydrazine groups is 1. The standard InChI is InChI=1S/C26H32F2N4O2/c1-15-11-16(9-10-29-15)25-21-12-17(5-7-23(21)31-32-25)26(33)30-19-3-2-4-20(14-19)34-24-8-6-18(27)13-22(24)28/h6,8-11,13,17,19-21,23,25,31-32H,2-5,7,12,14H2,1H3,(H,30,33). The minimum atomic E-state index is -0.694. The quantitative estimate of drug-likeness (QED) is 0.613. The molecule has 0 spiro atoms. The Bertz CT molecular complexity index is 1040. The molecule has 1 aliphatic heterocycles. The number of pyridine rings is 1. The van der Waals surface area contributed by atoms with Crippen LogP contribution in [0.25, 0.3) is 0 Å². The predicted molar refractivity (Wildman–Crippen MR) is 124 cm³/mol. The summed E-state index contributed by atoms with van der Waals surface area (Å²) in [5, 5.41) is 3.25. The van der Waals surface area contributed by atoms with Crippen LogP contribution in [-0.2, 0) is 4.79 Å². The summed E-state index contributed by atoms with van der Waals surface area (Å²) in [5.74, 6) is -0.827. The van der Waals surface area contributed by atoms with Crippen molar-refractivity contribution in [2.45, 2.75) is 76.1 Å². The molecule has 3 aliphatic rings. The van der Waals surface area contributed by atoms with Gasteiger partial charge in [0.1, 0.15) is 11.9 Å². The molecule has 0 bridgehead atoms. The van der Waals surface area contributed by atoms with Crippen LogP contribution in [0.2, 0.25) is 0 Å². The van der Waals surface area contributed by atoms with E-state index in [0.717, 1.165) is 50.3 Å². The molecule has 2 aromatic rings. The molecule has 182 valence electrons. The number of halogens is 2. The van der Waals surface area contributed by atoms with Gasteiger partial charge < -0.3 is 10.1 Å². The Morgan fingerprint density at radius 1 is 1.09 bits per heavy atom. The monoisotopic (exact) mass is 470 g/mol. The number of amides is 1. The Morgan fingerprint density at radius 2 is 1.97 bits per heavy atom. The Kier molecular flexibility index (Phi) is 6.79. The number of hydrogen-bond acceptors (Lipinski definition) is 5. The number of fused-ring (bicyclic) bond motifs is 1. The zero-order valence-corrected chi connectivity index (χ0v) is 19.4. The molecule has 1 amide bonds. The van der Waals surface area contributed by atoms with Crippen LogP contribution in [0.5, 0.6) is 5.75 Å². The Morgan fingerprint density at radius 3 is 2.79 bits per heavy atom. The van der Waals surface area contributed by atoms with Crippen LogP contribution in [0.1, 0.15) is 62.2 Å². The number of carbonyl (C=O) groups excluding carboxylic acids is 1. The molecule has 2 saturated carbocycles. The topological polar surface area (TPSA) is 75.3 Å². The van der Waals surface area contributed by atoms with Crippen molar-refractivity contribution in [3.05, 3.63) is 59.4 Å². The maximum absolute atomic E-state index is 14.0. The van der Waals surface area contributed by atoms with Gasteiger partial charge in [0.15, 0.2) is 11.6 Å². The largest absolute Gasteiger partial charge is 0.487 e. The smallest absolute Gasteiger partial charge is 0.223 e. The lowest BCUT2D eigenvalue weighted by molar-refractivity contribution is -0.127. The molecular weight excluding hydrogens is 438 g/mol. The molecule has 5 rings (SSSR count). The fraction of sp³-hybridized carbons (Fsp3) is 0.538. The third-order valence-corrected chi connectivity index (χ3v) is 7.56. The molecule has 1 aromatic heterocycles. The van der Waals surface area contributed by atoms with Crippen molar-refractivity contribution in [1.82, 2.24) is 21.2 Å². The van der Waals surface area contributed by atoms with E-state index < -0.39 is 11.6 Å². The summed E-state index contributed by atoms with van der Waals surface area (Å²) >= 11 is 0. The molecule has 8 heteroatoms. The van der Waals surface area contributed by atoms with Gasteiger partial charge in [-0.15, -0.1) is 0 Å². The minimum Gasteiger partial charge on any atom is -0.487 e. The van der Waals surface area contributed by atoms with E-state index in [1.165, 1.54) is 17.7 Å². The van der Waals surface area contributed by atoms with Crippen LogP contribution in [-0.4, -0.2) is 29.1 Å². The van der Waals surface area contributed by atoms with Gasteiger partial charge in [-0.2, -0.15) is 0 Å². The SMILES string of the molecule is Cc1cc(C2NNC3CCC(C(=O)NC4CCCC(Oc5ccc(F)cc5F)C4)CC32)ccn1. The first-order valence-electron chi connectivity index (χ1n) is 12.3. The van der Waals surface area contributed by atoms with E-state index in [1.54, 1.807) is 0 Å². The third kappa shape index (κ3) is 5.08. The highest BCUT2D eigenvalue weighted by atomic mass is 19.1. The first-order valence-corrected chi connectivity index (χ1v) is 12.3. The van der Waals surface area contributed by atoms with Crippen molar-refractivity contribution >= 4 is 5.91 Å². The molecule has 6 atom stereocenters. The van der Waals surface area contributed by atoms with Gasteiger partial charge in [-0.25, -0.2) is 14.2 Å². The lowest BCUT2D eigenvalue weighted by atomic mass is 9.74. The maximum atomic E-state index is 14.0. The van der Waals surface area contributed by atoms with E-state index in [9.17, 15) is 13.6 Å². The normalized spacial score (nSPS) is 31.0. The van der Waals surface area contributed by atoms with Crippen LogP contribution in [0, 0.1) is 30.4 Å². The lowest BCUT2D eigenvalue weighted by Gasteiger charge is -2.35. The van der Waals surface area contributed by atoms with Gasteiger partial charge >= 0.3 is 0 Å². The molecule has 34 heavy (non-hydrogen) atoms. The second kappa shape index (κ2) is 9.96. The van der Waals surface area contributed by atoms with Gasteiger partial charge in [-0.3, -0.25) is 15.2 Å². The van der Waals surface area contributed by atoms with Crippen LogP contribution >= 0.6 is 0 Å². The number of aromatic nitrogens is 1. The molecule has 6 unspecified atom stereocenters. The summed E-state index contributed by atoms with van der Waals surface area (Å²) in [6, 6.07) is 8.05. The number of carbonyl (C=O) groups is 1. The van der Waals surface area contributed by atoms with Crippen LogP contribution < -0.4 is 20.9 Å². The fourth-order valence-electron chi connectivity index (χ4n) is 5.84. The van der Waals surface area contributed by atoms with Gasteiger partial charge in [0, 0.05) is 42.4 Å². The van der Waals surface area contributed by atoms with Crippen LogP contribution in [0.15, 0.2) is 36.5 Å². The molecule has 0 radical (unpaired) electrons.